The summed E-state index contributed by atoms with van der Waals surface area (Å²) < 4.78 is 18.8. The number of oxazole rings is 1. The predicted octanol–water partition coefficient (Wildman–Crippen LogP) is 3.69. The number of anilines is 2. The molecule has 4 heterocycles. The molecule has 1 aliphatic heterocycles. The van der Waals surface area contributed by atoms with Gasteiger partial charge < -0.3 is 34.7 Å². The Labute approximate surface area is 255 Å². The van der Waals surface area contributed by atoms with Crippen LogP contribution in [-0.2, 0) is 20.7 Å². The second kappa shape index (κ2) is 13.7. The van der Waals surface area contributed by atoms with Crippen LogP contribution in [0.4, 0.5) is 11.8 Å². The highest BCUT2D eigenvalue weighted by Gasteiger charge is 2.49. The molecular weight excluding hydrogens is 566 g/mol. The van der Waals surface area contributed by atoms with E-state index in [4.69, 9.17) is 23.9 Å². The molecule has 2 fully saturated rings. The van der Waals surface area contributed by atoms with Crippen LogP contribution in [0, 0.1) is 12.8 Å². The topological polar surface area (TPSA) is 170 Å². The number of aryl methyl sites for hydroxylation is 1. The molecule has 2 aliphatic rings. The van der Waals surface area contributed by atoms with E-state index in [0.29, 0.717) is 41.0 Å². The van der Waals surface area contributed by atoms with E-state index in [1.54, 1.807) is 11.5 Å². The second-order valence-corrected chi connectivity index (χ2v) is 11.6. The molecular formula is C31H39N7O6. The van der Waals surface area contributed by atoms with Gasteiger partial charge in [-0.2, -0.15) is 9.97 Å². The van der Waals surface area contributed by atoms with Gasteiger partial charge in [-0.15, -0.1) is 0 Å². The molecule has 0 radical (unpaired) electrons. The zero-order valence-corrected chi connectivity index (χ0v) is 24.7. The molecule has 4 aromatic rings. The van der Waals surface area contributed by atoms with Crippen molar-refractivity contribution in [2.75, 3.05) is 23.8 Å². The van der Waals surface area contributed by atoms with Crippen molar-refractivity contribution < 1.29 is 28.9 Å². The monoisotopic (exact) mass is 605 g/mol. The lowest BCUT2D eigenvalue weighted by atomic mass is 9.87. The molecule has 5 atom stereocenters. The fourth-order valence-corrected chi connectivity index (χ4v) is 6.20. The van der Waals surface area contributed by atoms with Gasteiger partial charge in [-0.1, -0.05) is 62.4 Å². The lowest BCUT2D eigenvalue weighted by Crippen LogP contribution is -2.32. The first-order valence-corrected chi connectivity index (χ1v) is 15.3. The number of carbonyl (C=O) groups is 1. The van der Waals surface area contributed by atoms with E-state index in [1.165, 1.54) is 44.6 Å². The average molecular weight is 606 g/mol. The molecule has 1 aromatic carbocycles. The van der Waals surface area contributed by atoms with E-state index in [2.05, 4.69) is 20.6 Å². The molecule has 6 rings (SSSR count). The van der Waals surface area contributed by atoms with Gasteiger partial charge in [-0.3, -0.25) is 9.36 Å². The lowest BCUT2D eigenvalue weighted by molar-refractivity contribution is -0.142. The summed E-state index contributed by atoms with van der Waals surface area (Å²) >= 11 is 0. The number of imidazole rings is 1. The Kier molecular flexibility index (Phi) is 9.34. The summed E-state index contributed by atoms with van der Waals surface area (Å²) in [5.41, 5.74) is 1.96. The van der Waals surface area contributed by atoms with Gasteiger partial charge in [0.15, 0.2) is 35.4 Å². The van der Waals surface area contributed by atoms with Gasteiger partial charge in [0.25, 0.3) is 6.47 Å². The molecule has 13 heteroatoms. The quantitative estimate of drug-likeness (QED) is 0.163. The number of aromatic nitrogens is 5. The van der Waals surface area contributed by atoms with E-state index >= 15 is 0 Å². The zero-order chi connectivity index (χ0) is 30.5. The van der Waals surface area contributed by atoms with Crippen LogP contribution in [0.3, 0.4) is 0 Å². The van der Waals surface area contributed by atoms with Crippen molar-refractivity contribution >= 4 is 29.4 Å². The van der Waals surface area contributed by atoms with E-state index in [0.717, 1.165) is 18.5 Å². The first-order valence-electron chi connectivity index (χ1n) is 15.3. The summed E-state index contributed by atoms with van der Waals surface area (Å²) in [7, 11) is 0. The molecule has 1 aliphatic carbocycles. The normalized spacial score (nSPS) is 23.1. The number of aliphatic hydroxyl groups excluding tert-OH is 2. The first kappa shape index (κ1) is 30.0. The minimum Gasteiger partial charge on any atom is -0.457 e. The molecule has 44 heavy (non-hydrogen) atoms. The van der Waals surface area contributed by atoms with E-state index < -0.39 is 24.5 Å². The van der Waals surface area contributed by atoms with Gasteiger partial charge in [-0.25, -0.2) is 9.97 Å². The molecule has 0 unspecified atom stereocenters. The molecule has 234 valence electrons. The Morgan fingerprint density at radius 1 is 1.16 bits per heavy atom. The largest absolute Gasteiger partial charge is 0.457 e. The minimum atomic E-state index is -1.25. The Morgan fingerprint density at radius 2 is 1.98 bits per heavy atom. The van der Waals surface area contributed by atoms with Gasteiger partial charge in [0.05, 0.1) is 25.2 Å². The highest BCUT2D eigenvalue weighted by Crippen LogP contribution is 2.41. The molecule has 1 saturated carbocycles. The third-order valence-corrected chi connectivity index (χ3v) is 8.45. The Balaban J connectivity index is 1.32. The number of ether oxygens (including phenoxy) is 2. The summed E-state index contributed by atoms with van der Waals surface area (Å²) in [6, 6.07) is 9.52. The molecule has 13 nitrogen and oxygen atoms in total. The minimum absolute atomic E-state index is 0.135. The van der Waals surface area contributed by atoms with E-state index in [9.17, 15) is 15.0 Å². The number of hydrogen-bond acceptors (Lipinski definition) is 12. The zero-order valence-electron chi connectivity index (χ0n) is 24.7. The van der Waals surface area contributed by atoms with Gasteiger partial charge in [-0.05, 0) is 31.2 Å². The molecule has 1 saturated heterocycles. The number of nitrogens with one attached hydrogen (secondary N) is 2. The number of benzene rings is 1. The van der Waals surface area contributed by atoms with Gasteiger partial charge in [0.1, 0.15) is 11.9 Å². The number of hydrogen-bond donors (Lipinski definition) is 4. The second-order valence-electron chi connectivity index (χ2n) is 11.6. The number of aliphatic hydroxyl groups is 2. The maximum absolute atomic E-state index is 11.5. The highest BCUT2D eigenvalue weighted by molar-refractivity contribution is 5.84. The van der Waals surface area contributed by atoms with Crippen LogP contribution >= 0.6 is 0 Å². The maximum atomic E-state index is 11.5. The standard InChI is InChI=1S/C31H39N7O6/c1-19-15-33-29(43-19)25-24(41)26(42-18-40)30(44-25)38-17-34-23-27(32-13-12-20-8-4-2-5-9-20)36-31(37-28(23)38)35-22(16-39)14-21-10-6-3-7-11-21/h3,6-7,10-11,15,17-18,20,22,24-26,30,39,41H,2,4-5,8-9,12-14,16H2,1H3,(H2,32,35,36,37)/t22-,24+,25-,26+,30+/m0/s1. The van der Waals surface area contributed by atoms with Crippen molar-refractivity contribution in [1.82, 2.24) is 24.5 Å². The number of rotatable bonds is 13. The Bertz CT molecular complexity index is 1520. The van der Waals surface area contributed by atoms with Crippen molar-refractivity contribution in [2.45, 2.75) is 82.5 Å². The van der Waals surface area contributed by atoms with Crippen LogP contribution in [0.15, 0.2) is 47.3 Å². The van der Waals surface area contributed by atoms with Crippen molar-refractivity contribution in [3.8, 4) is 0 Å². The summed E-state index contributed by atoms with van der Waals surface area (Å²) in [6.07, 6.45) is 6.69. The van der Waals surface area contributed by atoms with Crippen molar-refractivity contribution in [3.63, 3.8) is 0 Å². The third kappa shape index (κ3) is 6.54. The number of carbonyl (C=O) groups excluding carboxylic acids is 1. The molecule has 0 amide bonds. The van der Waals surface area contributed by atoms with Crippen LogP contribution in [-0.4, -0.2) is 72.6 Å². The van der Waals surface area contributed by atoms with Crippen LogP contribution in [0.5, 0.6) is 0 Å². The van der Waals surface area contributed by atoms with Gasteiger partial charge >= 0.3 is 0 Å². The van der Waals surface area contributed by atoms with Crippen LogP contribution in [0.25, 0.3) is 11.2 Å². The van der Waals surface area contributed by atoms with Crippen LogP contribution in [0.1, 0.15) is 68.1 Å². The Hall–Kier alpha value is -4.07. The smallest absolute Gasteiger partial charge is 0.293 e. The van der Waals surface area contributed by atoms with Crippen molar-refractivity contribution in [3.05, 3.63) is 60.1 Å². The number of nitrogens with zero attached hydrogens (tertiary/aromatic N) is 5. The van der Waals surface area contributed by atoms with Gasteiger partial charge in [0, 0.05) is 6.54 Å². The predicted molar refractivity (Wildman–Crippen MR) is 161 cm³/mol. The molecule has 3 aromatic heterocycles. The molecule has 4 N–H and O–H groups in total. The Morgan fingerprint density at radius 3 is 2.70 bits per heavy atom. The van der Waals surface area contributed by atoms with Crippen LogP contribution in [0.2, 0.25) is 0 Å². The summed E-state index contributed by atoms with van der Waals surface area (Å²) in [4.78, 5) is 29.8. The molecule has 0 spiro atoms. The van der Waals surface area contributed by atoms with E-state index in [-0.39, 0.29) is 25.0 Å². The van der Waals surface area contributed by atoms with E-state index in [1.807, 2.05) is 30.3 Å². The number of fused-ring (bicyclic) bond motifs is 1. The fourth-order valence-electron chi connectivity index (χ4n) is 6.20. The molecule has 0 bridgehead atoms. The van der Waals surface area contributed by atoms with Crippen molar-refractivity contribution in [1.29, 1.82) is 0 Å². The fraction of sp³-hybridized carbons (Fsp3) is 0.516. The van der Waals surface area contributed by atoms with Crippen LogP contribution < -0.4 is 10.6 Å². The summed E-state index contributed by atoms with van der Waals surface area (Å²) in [5.74, 6) is 2.24. The highest BCUT2D eigenvalue weighted by atomic mass is 16.6. The third-order valence-electron chi connectivity index (χ3n) is 8.45. The SMILES string of the molecule is Cc1cnc([C@H]2O[C@@H](n3cnc4c(NCCC5CCCCC5)nc(N[C@H](CO)Cc5ccccc5)nc43)[C@H](OC=O)[C@@H]2O)o1. The summed E-state index contributed by atoms with van der Waals surface area (Å²) in [5, 5.41) is 28.1. The van der Waals surface area contributed by atoms with Gasteiger partial charge in [0.2, 0.25) is 11.8 Å². The van der Waals surface area contributed by atoms with Crippen molar-refractivity contribution in [2.24, 2.45) is 5.92 Å². The lowest BCUT2D eigenvalue weighted by Gasteiger charge is -2.22. The average Bonchev–Trinajstić information content (AvgIpc) is 3.75. The first-order chi connectivity index (χ1) is 21.5. The summed E-state index contributed by atoms with van der Waals surface area (Å²) in [6.45, 7) is 2.61. The maximum Gasteiger partial charge on any atom is 0.293 e.